The molecule has 0 spiro atoms. The van der Waals surface area contributed by atoms with Crippen LogP contribution in [-0.4, -0.2) is 25.8 Å². The topological polar surface area (TPSA) is 75.6 Å². The molecular formula is C17H12FN5O. The molecule has 0 saturated carbocycles. The summed E-state index contributed by atoms with van der Waals surface area (Å²) < 4.78 is 15.3. The average Bonchev–Trinajstić information content (AvgIpc) is 3.23. The van der Waals surface area contributed by atoms with E-state index in [1.807, 2.05) is 18.2 Å². The van der Waals surface area contributed by atoms with Gasteiger partial charge in [0, 0.05) is 16.5 Å². The molecule has 0 unspecified atom stereocenters. The van der Waals surface area contributed by atoms with Gasteiger partial charge in [-0.1, -0.05) is 30.3 Å². The minimum atomic E-state index is -0.321. The fraction of sp³-hybridized carbons (Fsp3) is 0. The van der Waals surface area contributed by atoms with Gasteiger partial charge < -0.3 is 4.98 Å². The molecule has 6 nitrogen and oxygen atoms in total. The van der Waals surface area contributed by atoms with E-state index in [2.05, 4.69) is 20.6 Å². The van der Waals surface area contributed by atoms with E-state index in [1.165, 1.54) is 23.4 Å². The van der Waals surface area contributed by atoms with Crippen LogP contribution in [0.25, 0.3) is 22.0 Å². The Labute approximate surface area is 135 Å². The Bertz CT molecular complexity index is 1020. The van der Waals surface area contributed by atoms with Crippen LogP contribution in [0.5, 0.6) is 0 Å². The number of hydrogen-bond acceptors (Lipinski definition) is 3. The quantitative estimate of drug-likeness (QED) is 0.609. The van der Waals surface area contributed by atoms with Gasteiger partial charge in [0.05, 0.1) is 0 Å². The molecule has 0 fully saturated rings. The molecule has 2 aromatic carbocycles. The van der Waals surface area contributed by atoms with Crippen LogP contribution in [0, 0.1) is 5.82 Å². The van der Waals surface area contributed by atoms with Gasteiger partial charge in [-0.15, -0.1) is 10.2 Å². The smallest absolute Gasteiger partial charge is 0.286 e. The van der Waals surface area contributed by atoms with E-state index >= 15 is 0 Å². The minimum absolute atomic E-state index is 0.283. The van der Waals surface area contributed by atoms with Gasteiger partial charge in [-0.25, -0.2) is 9.07 Å². The molecule has 2 N–H and O–H groups in total. The van der Waals surface area contributed by atoms with Crippen LogP contribution < -0.4 is 5.43 Å². The van der Waals surface area contributed by atoms with Gasteiger partial charge in [-0.05, 0) is 23.8 Å². The number of aromatic amines is 1. The van der Waals surface area contributed by atoms with Crippen molar-refractivity contribution >= 4 is 16.8 Å². The van der Waals surface area contributed by atoms with E-state index in [1.54, 1.807) is 24.3 Å². The van der Waals surface area contributed by atoms with Gasteiger partial charge in [0.1, 0.15) is 24.2 Å². The Balaban J connectivity index is 1.69. The van der Waals surface area contributed by atoms with Crippen molar-refractivity contribution in [1.82, 2.24) is 19.9 Å². The van der Waals surface area contributed by atoms with Crippen molar-refractivity contribution in [1.29, 1.82) is 0 Å². The van der Waals surface area contributed by atoms with Crippen LogP contribution in [0.15, 0.2) is 61.2 Å². The van der Waals surface area contributed by atoms with Gasteiger partial charge in [0.15, 0.2) is 0 Å². The summed E-state index contributed by atoms with van der Waals surface area (Å²) in [6.07, 6.45) is 2.77. The Hall–Kier alpha value is -3.48. The molecule has 118 valence electrons. The second-order valence-corrected chi connectivity index (χ2v) is 5.27. The molecule has 0 atom stereocenters. The summed E-state index contributed by atoms with van der Waals surface area (Å²) in [5, 5.41) is 8.10. The van der Waals surface area contributed by atoms with Crippen molar-refractivity contribution in [2.75, 3.05) is 5.43 Å². The third-order valence-corrected chi connectivity index (χ3v) is 3.70. The van der Waals surface area contributed by atoms with Crippen LogP contribution in [0.2, 0.25) is 0 Å². The van der Waals surface area contributed by atoms with E-state index in [9.17, 15) is 9.18 Å². The monoisotopic (exact) mass is 321 g/mol. The predicted octanol–water partition coefficient (Wildman–Crippen LogP) is 2.95. The lowest BCUT2D eigenvalue weighted by atomic mass is 10.0. The number of nitrogens with one attached hydrogen (secondary N) is 2. The zero-order valence-electron chi connectivity index (χ0n) is 12.4. The molecular weight excluding hydrogens is 309 g/mol. The first kappa shape index (κ1) is 14.1. The highest BCUT2D eigenvalue weighted by Crippen LogP contribution is 2.26. The summed E-state index contributed by atoms with van der Waals surface area (Å²) in [6.45, 7) is 0. The van der Waals surface area contributed by atoms with Crippen molar-refractivity contribution in [3.05, 3.63) is 72.7 Å². The lowest BCUT2D eigenvalue weighted by molar-refractivity contribution is 0.100. The van der Waals surface area contributed by atoms with Crippen molar-refractivity contribution < 1.29 is 9.18 Å². The number of H-pyrrole nitrogens is 1. The number of aromatic nitrogens is 4. The van der Waals surface area contributed by atoms with E-state index in [-0.39, 0.29) is 11.7 Å². The van der Waals surface area contributed by atoms with Crippen molar-refractivity contribution in [3.8, 4) is 11.1 Å². The number of rotatable bonds is 3. The number of fused-ring (bicyclic) bond motifs is 1. The molecule has 1 amide bonds. The summed E-state index contributed by atoms with van der Waals surface area (Å²) in [5.74, 6) is -0.604. The molecule has 0 aliphatic carbocycles. The largest absolute Gasteiger partial charge is 0.350 e. The SMILES string of the molecule is O=C(Nn1cnnc1)c1cc2ccc(-c3ccccc3F)cc2[nH]1. The lowest BCUT2D eigenvalue weighted by Crippen LogP contribution is -2.21. The summed E-state index contributed by atoms with van der Waals surface area (Å²) >= 11 is 0. The minimum Gasteiger partial charge on any atom is -0.350 e. The Morgan fingerprint density at radius 1 is 1.08 bits per heavy atom. The normalized spacial score (nSPS) is 10.9. The fourth-order valence-corrected chi connectivity index (χ4v) is 2.55. The number of amides is 1. The maximum atomic E-state index is 13.9. The fourth-order valence-electron chi connectivity index (χ4n) is 2.55. The maximum Gasteiger partial charge on any atom is 0.286 e. The van der Waals surface area contributed by atoms with Gasteiger partial charge in [-0.2, -0.15) is 0 Å². The highest BCUT2D eigenvalue weighted by Gasteiger charge is 2.11. The number of nitrogens with zero attached hydrogens (tertiary/aromatic N) is 3. The zero-order valence-corrected chi connectivity index (χ0v) is 12.4. The number of carbonyl (C=O) groups excluding carboxylic acids is 1. The lowest BCUT2D eigenvalue weighted by Gasteiger charge is -2.03. The van der Waals surface area contributed by atoms with Crippen molar-refractivity contribution in [2.24, 2.45) is 0 Å². The molecule has 7 heteroatoms. The standard InChI is InChI=1S/C17H12FN5O/c18-14-4-2-1-3-13(14)11-5-6-12-8-16(21-15(12)7-11)17(24)22-23-9-19-20-10-23/h1-10,21H,(H,22,24). The molecule has 0 radical (unpaired) electrons. The summed E-state index contributed by atoms with van der Waals surface area (Å²) in [6, 6.07) is 13.8. The maximum absolute atomic E-state index is 13.9. The Morgan fingerprint density at radius 3 is 2.67 bits per heavy atom. The second-order valence-electron chi connectivity index (χ2n) is 5.27. The third kappa shape index (κ3) is 2.52. The van der Waals surface area contributed by atoms with Crippen LogP contribution in [0.4, 0.5) is 4.39 Å². The molecule has 0 aliphatic rings. The summed E-state index contributed by atoms with van der Waals surface area (Å²) in [7, 11) is 0. The number of halogens is 1. The number of benzene rings is 2. The summed E-state index contributed by atoms with van der Waals surface area (Å²) in [5.41, 5.74) is 5.03. The van der Waals surface area contributed by atoms with Gasteiger partial charge >= 0.3 is 0 Å². The average molecular weight is 321 g/mol. The predicted molar refractivity (Wildman–Crippen MR) is 87.4 cm³/mol. The molecule has 2 heterocycles. The van der Waals surface area contributed by atoms with E-state index in [4.69, 9.17) is 0 Å². The molecule has 4 aromatic rings. The van der Waals surface area contributed by atoms with E-state index in [0.29, 0.717) is 11.3 Å². The van der Waals surface area contributed by atoms with Crippen molar-refractivity contribution in [3.63, 3.8) is 0 Å². The van der Waals surface area contributed by atoms with Gasteiger partial charge in [0.2, 0.25) is 0 Å². The van der Waals surface area contributed by atoms with E-state index < -0.39 is 0 Å². The van der Waals surface area contributed by atoms with E-state index in [0.717, 1.165) is 16.5 Å². The second kappa shape index (κ2) is 5.62. The molecule has 2 aromatic heterocycles. The first-order valence-electron chi connectivity index (χ1n) is 7.24. The summed E-state index contributed by atoms with van der Waals surface area (Å²) in [4.78, 5) is 15.3. The molecule has 0 aliphatic heterocycles. The number of hydrogen-bond donors (Lipinski definition) is 2. The molecule has 0 bridgehead atoms. The van der Waals surface area contributed by atoms with Gasteiger partial charge in [-0.3, -0.25) is 10.2 Å². The molecule has 24 heavy (non-hydrogen) atoms. The first-order valence-corrected chi connectivity index (χ1v) is 7.24. The zero-order chi connectivity index (χ0) is 16.5. The first-order chi connectivity index (χ1) is 11.7. The van der Waals surface area contributed by atoms with Crippen molar-refractivity contribution in [2.45, 2.75) is 0 Å². The van der Waals surface area contributed by atoms with Crippen LogP contribution >= 0.6 is 0 Å². The Kier molecular flexibility index (Phi) is 3.31. The highest BCUT2D eigenvalue weighted by atomic mass is 19.1. The third-order valence-electron chi connectivity index (χ3n) is 3.70. The molecule has 4 rings (SSSR count). The molecule has 0 saturated heterocycles. The number of carbonyl (C=O) groups is 1. The van der Waals surface area contributed by atoms with Crippen LogP contribution in [0.3, 0.4) is 0 Å². The van der Waals surface area contributed by atoms with Gasteiger partial charge in [0.25, 0.3) is 5.91 Å². The Morgan fingerprint density at radius 2 is 1.88 bits per heavy atom. The highest BCUT2D eigenvalue weighted by molar-refractivity contribution is 6.02. The van der Waals surface area contributed by atoms with Crippen LogP contribution in [-0.2, 0) is 0 Å². The van der Waals surface area contributed by atoms with Crippen LogP contribution in [0.1, 0.15) is 10.5 Å².